The molecule has 106 heavy (non-hydrogen) atoms. The number of nitrogens with zero attached hydrogens (tertiary/aromatic N) is 9. The first-order valence-corrected chi connectivity index (χ1v) is 38.2. The van der Waals surface area contributed by atoms with Gasteiger partial charge in [0.25, 0.3) is 0 Å². The van der Waals surface area contributed by atoms with Gasteiger partial charge in [-0.05, 0) is 125 Å². The zero-order valence-electron chi connectivity index (χ0n) is 64.7. The molecule has 3 N–H and O–H groups in total. The van der Waals surface area contributed by atoms with Gasteiger partial charge in [0.1, 0.15) is 53.9 Å². The fourth-order valence-corrected chi connectivity index (χ4v) is 17.2. The maximum Gasteiger partial charge on any atom is 0.393 e. The summed E-state index contributed by atoms with van der Waals surface area (Å²) in [6, 6.07) is -11.1. The van der Waals surface area contributed by atoms with Gasteiger partial charge in [0.2, 0.25) is 70.9 Å². The first kappa shape index (κ1) is 88.1. The summed E-state index contributed by atoms with van der Waals surface area (Å²) in [6.07, 6.45) is -5.66. The molecular formula is C74H117ClF6N12O13. The summed E-state index contributed by atoms with van der Waals surface area (Å²) in [6.45, 7) is 10.4. The molecule has 3 saturated carbocycles. The van der Waals surface area contributed by atoms with Crippen molar-refractivity contribution < 1.29 is 88.6 Å². The van der Waals surface area contributed by atoms with Gasteiger partial charge in [0.05, 0.1) is 44.6 Å². The molecule has 1 spiro atoms. The number of nitrogens with one attached hydrogen (secondary N) is 3. The minimum absolute atomic E-state index is 0.0325. The molecule has 3 aliphatic heterocycles. The molecule has 12 amide bonds. The number of hydrogen-bond acceptors (Lipinski definition) is 13. The summed E-state index contributed by atoms with van der Waals surface area (Å²) in [5.74, 6) is -14.6. The summed E-state index contributed by atoms with van der Waals surface area (Å²) < 4.78 is 90.5. The second-order valence-electron chi connectivity index (χ2n) is 31.7. The van der Waals surface area contributed by atoms with E-state index >= 15 is 28.8 Å². The number of carbonyl (C=O) groups is 12. The lowest BCUT2D eigenvalue weighted by Crippen LogP contribution is -2.72. The van der Waals surface area contributed by atoms with Crippen molar-refractivity contribution in [1.82, 2.24) is 60.0 Å². The molecule has 600 valence electrons. The Morgan fingerprint density at radius 2 is 1.27 bits per heavy atom. The molecule has 2 saturated heterocycles. The summed E-state index contributed by atoms with van der Waals surface area (Å²) in [4.78, 5) is 191. The quantitative estimate of drug-likeness (QED) is 0.101. The number of fused-ring (bicyclic) bond motifs is 3. The van der Waals surface area contributed by atoms with E-state index in [1.165, 1.54) is 76.0 Å². The number of rotatable bonds is 13. The molecule has 3 heterocycles. The van der Waals surface area contributed by atoms with E-state index in [4.69, 9.17) is 16.3 Å². The van der Waals surface area contributed by atoms with E-state index in [0.29, 0.717) is 25.7 Å². The molecular weight excluding hydrogens is 1410 g/mol. The molecule has 32 heteroatoms. The SMILES string of the molecule is CCC[C@H]1C(=O)N[C@@H]([C@@H](C)CC)C(=O)N(C)CC(=O)N(C)[C@H]2C/C=C\CCN(C2=O)[C@@H](CC2CCC(C(F)(F)F)CC2)C(=O)N(C)CC(=O)N[C@@H](CCC2CCC(C(F)(F)F)C(Cl)C2)C(=O)N2CCOC[C@H]2C(=O)NC2(CC(C)(C)C2)C(=O)N(C)[C@@H](C(CC)CC)C(=O)N(C)[C@H](C(=O)N(C)C)CC(=O)N1C. The molecule has 2 bridgehead atoms. The third-order valence-electron chi connectivity index (χ3n) is 23.3. The molecule has 0 aromatic heterocycles. The molecule has 3 unspecified atom stereocenters. The van der Waals surface area contributed by atoms with Crippen LogP contribution in [0.3, 0.4) is 0 Å². The smallest absolute Gasteiger partial charge is 0.377 e. The number of likely N-dealkylation sites (N-methyl/N-ethyl adjacent to an activating group) is 7. The highest BCUT2D eigenvalue weighted by atomic mass is 35.5. The van der Waals surface area contributed by atoms with E-state index in [2.05, 4.69) is 16.0 Å². The normalized spacial score (nSPS) is 30.6. The van der Waals surface area contributed by atoms with Gasteiger partial charge in [-0.2, -0.15) is 26.3 Å². The van der Waals surface area contributed by atoms with E-state index in [9.17, 15) is 55.1 Å². The molecule has 0 aromatic carbocycles. The summed E-state index contributed by atoms with van der Waals surface area (Å²) in [5.41, 5.74) is -2.30. The minimum Gasteiger partial charge on any atom is -0.377 e. The lowest BCUT2D eigenvalue weighted by atomic mass is 9.58. The average molecular weight is 1530 g/mol. The van der Waals surface area contributed by atoms with Crippen LogP contribution in [-0.2, 0) is 62.3 Å². The van der Waals surface area contributed by atoms with Crippen molar-refractivity contribution in [2.45, 2.75) is 248 Å². The molecule has 12 atom stereocenters. The Morgan fingerprint density at radius 3 is 1.84 bits per heavy atom. The summed E-state index contributed by atoms with van der Waals surface area (Å²) in [5, 5.41) is 7.26. The average Bonchev–Trinajstić information content (AvgIpc) is 0.731. The predicted molar refractivity (Wildman–Crippen MR) is 383 cm³/mol. The highest BCUT2D eigenvalue weighted by Crippen LogP contribution is 2.50. The number of amides is 12. The van der Waals surface area contributed by atoms with Crippen LogP contribution in [0.4, 0.5) is 26.3 Å². The van der Waals surface area contributed by atoms with Crippen molar-refractivity contribution in [2.24, 2.45) is 40.9 Å². The molecule has 0 aromatic rings. The van der Waals surface area contributed by atoms with Gasteiger partial charge in [-0.15, -0.1) is 11.6 Å². The number of carbonyl (C=O) groups excluding carboxylic acids is 12. The van der Waals surface area contributed by atoms with Gasteiger partial charge in [-0.25, -0.2) is 0 Å². The molecule has 25 nitrogen and oxygen atoms in total. The summed E-state index contributed by atoms with van der Waals surface area (Å²) >= 11 is 6.41. The predicted octanol–water partition coefficient (Wildman–Crippen LogP) is 6.53. The van der Waals surface area contributed by atoms with Crippen LogP contribution in [-0.4, -0.2) is 282 Å². The zero-order valence-corrected chi connectivity index (χ0v) is 65.4. The van der Waals surface area contributed by atoms with E-state index in [1.807, 2.05) is 27.7 Å². The maximum absolute atomic E-state index is 15.7. The third kappa shape index (κ3) is 21.6. The number of halogens is 7. The van der Waals surface area contributed by atoms with E-state index in [1.54, 1.807) is 32.9 Å². The van der Waals surface area contributed by atoms with Crippen LogP contribution >= 0.6 is 11.6 Å². The number of hydrogen-bond donors (Lipinski definition) is 3. The Labute approximate surface area is 625 Å². The van der Waals surface area contributed by atoms with Gasteiger partial charge in [-0.3, -0.25) is 57.5 Å². The van der Waals surface area contributed by atoms with Gasteiger partial charge < -0.3 is 64.8 Å². The standard InChI is InChI=1S/C74H117ClF6N12O13/c1-16-23-52-62(97)83-60(44(5)17-2)68(103)87(11)40-59(96)89(13)53-24-21-20-22-33-92(67(53)102)55(37-46-25-29-48(30-26-46)73(76,77)78)66(101)86(10)39-57(94)82-51(32-28-45-27-31-49(50(75)36-45)74(79,80)81)64(99)93-34-35-106-41-56(93)63(98)84-72(42-71(6,7)43-72)70(105)91(15)61(47(18-3)19-4)69(104)90(14)54(65(100)85(8)9)38-58(95)88(52)12/h20-21,44-56,60-61H,16-19,22-43H2,1-15H3,(H,82,94)(H,83,97)(H,84,98)/b21-20-/t44-,45?,46?,48?,49?,50?,51-,52-,53-,54-,55-,56-,60-,61-/m0/s1. The number of alkyl halides is 7. The van der Waals surface area contributed by atoms with Crippen LogP contribution < -0.4 is 16.0 Å². The number of ether oxygens (including phenoxy) is 1. The minimum atomic E-state index is -4.57. The van der Waals surface area contributed by atoms with E-state index in [0.717, 1.165) is 24.5 Å². The molecule has 6 rings (SSSR count). The van der Waals surface area contributed by atoms with Gasteiger partial charge >= 0.3 is 12.4 Å². The van der Waals surface area contributed by atoms with Crippen molar-refractivity contribution in [3.05, 3.63) is 12.2 Å². The van der Waals surface area contributed by atoms with Gasteiger partial charge in [-0.1, -0.05) is 86.3 Å². The Balaban J connectivity index is 1.48. The second kappa shape index (κ2) is 37.6. The Kier molecular flexibility index (Phi) is 31.2. The van der Waals surface area contributed by atoms with Crippen LogP contribution in [0.15, 0.2) is 12.2 Å². The van der Waals surface area contributed by atoms with Crippen LogP contribution in [0, 0.1) is 40.9 Å². The highest BCUT2D eigenvalue weighted by Gasteiger charge is 2.59. The van der Waals surface area contributed by atoms with E-state index in [-0.39, 0.29) is 116 Å². The van der Waals surface area contributed by atoms with Crippen molar-refractivity contribution >= 4 is 82.5 Å². The molecule has 3 aliphatic carbocycles. The molecule has 6 aliphatic rings. The first-order valence-electron chi connectivity index (χ1n) is 37.8. The maximum atomic E-state index is 15.7. The fourth-order valence-electron chi connectivity index (χ4n) is 16.7. The van der Waals surface area contributed by atoms with Crippen molar-refractivity contribution in [3.8, 4) is 0 Å². The lowest BCUT2D eigenvalue weighted by molar-refractivity contribution is -0.184. The monoisotopic (exact) mass is 1530 g/mol. The van der Waals surface area contributed by atoms with Crippen LogP contribution in [0.5, 0.6) is 0 Å². The second-order valence-corrected chi connectivity index (χ2v) is 32.3. The van der Waals surface area contributed by atoms with Gasteiger partial charge in [0.15, 0.2) is 0 Å². The van der Waals surface area contributed by atoms with Crippen LogP contribution in [0.25, 0.3) is 0 Å². The number of morpholine rings is 1. The van der Waals surface area contributed by atoms with Gasteiger partial charge in [0, 0.05) is 74.8 Å². The molecule has 5 fully saturated rings. The van der Waals surface area contributed by atoms with Crippen LogP contribution in [0.2, 0.25) is 0 Å². The Morgan fingerprint density at radius 1 is 0.651 bits per heavy atom. The first-order chi connectivity index (χ1) is 49.5. The van der Waals surface area contributed by atoms with E-state index < -0.39 is 210 Å². The Bertz CT molecular complexity index is 3160. The Hall–Kier alpha value is -6.79. The zero-order chi connectivity index (χ0) is 79.4. The third-order valence-corrected chi connectivity index (χ3v) is 23.7. The van der Waals surface area contributed by atoms with Crippen molar-refractivity contribution in [3.63, 3.8) is 0 Å². The van der Waals surface area contributed by atoms with Crippen molar-refractivity contribution in [2.75, 3.05) is 95.8 Å². The summed E-state index contributed by atoms with van der Waals surface area (Å²) in [7, 11) is 11.0. The van der Waals surface area contributed by atoms with Crippen LogP contribution in [0.1, 0.15) is 177 Å². The lowest BCUT2D eigenvalue weighted by Gasteiger charge is -2.54. The highest BCUT2D eigenvalue weighted by molar-refractivity contribution is 6.21. The topological polar surface area (TPSA) is 279 Å². The van der Waals surface area contributed by atoms with Crippen molar-refractivity contribution in [1.29, 1.82) is 0 Å². The largest absolute Gasteiger partial charge is 0.393 e. The fraction of sp³-hybridized carbons (Fsp3) is 0.811. The molecule has 0 radical (unpaired) electrons.